The molecular formula is C14H16F3NO2. The van der Waals surface area contributed by atoms with Crippen LogP contribution in [-0.2, 0) is 17.5 Å². The SMILES string of the molecule is CC1(C(=O)O)CCCN1Cc1cccc(C(F)(F)F)c1. The molecule has 0 spiro atoms. The van der Waals surface area contributed by atoms with E-state index in [9.17, 15) is 23.1 Å². The van der Waals surface area contributed by atoms with Crippen molar-refractivity contribution in [2.45, 2.75) is 38.0 Å². The van der Waals surface area contributed by atoms with Crippen molar-refractivity contribution in [3.05, 3.63) is 35.4 Å². The number of aliphatic carboxylic acids is 1. The minimum atomic E-state index is -4.38. The average Bonchev–Trinajstić information content (AvgIpc) is 2.72. The van der Waals surface area contributed by atoms with Gasteiger partial charge in [-0.05, 0) is 37.9 Å². The van der Waals surface area contributed by atoms with Crippen LogP contribution in [-0.4, -0.2) is 28.1 Å². The molecule has 0 aliphatic carbocycles. The first kappa shape index (κ1) is 14.8. The first-order valence-corrected chi connectivity index (χ1v) is 6.38. The van der Waals surface area contributed by atoms with Crippen LogP contribution in [0.25, 0.3) is 0 Å². The van der Waals surface area contributed by atoms with Crippen LogP contribution in [0.5, 0.6) is 0 Å². The van der Waals surface area contributed by atoms with Crippen LogP contribution in [0, 0.1) is 0 Å². The Morgan fingerprint density at radius 1 is 1.45 bits per heavy atom. The Balaban J connectivity index is 2.20. The Labute approximate surface area is 115 Å². The summed E-state index contributed by atoms with van der Waals surface area (Å²) >= 11 is 0. The van der Waals surface area contributed by atoms with Gasteiger partial charge in [0.15, 0.2) is 0 Å². The fourth-order valence-electron chi connectivity index (χ4n) is 2.58. The Morgan fingerprint density at radius 2 is 2.15 bits per heavy atom. The highest BCUT2D eigenvalue weighted by Crippen LogP contribution is 2.33. The molecule has 1 aromatic rings. The summed E-state index contributed by atoms with van der Waals surface area (Å²) in [6.07, 6.45) is -3.12. The summed E-state index contributed by atoms with van der Waals surface area (Å²) in [5.41, 5.74) is -1.21. The lowest BCUT2D eigenvalue weighted by Gasteiger charge is -2.31. The van der Waals surface area contributed by atoms with E-state index in [2.05, 4.69) is 0 Å². The zero-order valence-corrected chi connectivity index (χ0v) is 11.1. The van der Waals surface area contributed by atoms with Crippen LogP contribution < -0.4 is 0 Å². The summed E-state index contributed by atoms with van der Waals surface area (Å²) in [4.78, 5) is 13.1. The normalized spacial score (nSPS) is 24.0. The summed E-state index contributed by atoms with van der Waals surface area (Å²) in [5, 5.41) is 9.28. The molecule has 1 aliphatic rings. The van der Waals surface area contributed by atoms with Crippen LogP contribution in [0.1, 0.15) is 30.9 Å². The van der Waals surface area contributed by atoms with Gasteiger partial charge in [-0.3, -0.25) is 9.69 Å². The number of nitrogens with zero attached hydrogens (tertiary/aromatic N) is 1. The molecule has 1 saturated heterocycles. The third-order valence-electron chi connectivity index (χ3n) is 3.88. The second-order valence-electron chi connectivity index (χ2n) is 5.30. The van der Waals surface area contributed by atoms with Gasteiger partial charge < -0.3 is 5.11 Å². The van der Waals surface area contributed by atoms with Crippen LogP contribution in [0.3, 0.4) is 0 Å². The van der Waals surface area contributed by atoms with Crippen molar-refractivity contribution in [3.63, 3.8) is 0 Å². The number of carboxylic acids is 1. The molecule has 0 saturated carbocycles. The van der Waals surface area contributed by atoms with Gasteiger partial charge in [-0.25, -0.2) is 0 Å². The molecule has 1 N–H and O–H groups in total. The van der Waals surface area contributed by atoms with E-state index >= 15 is 0 Å². The molecule has 20 heavy (non-hydrogen) atoms. The molecular weight excluding hydrogens is 271 g/mol. The molecule has 1 aromatic carbocycles. The number of carbonyl (C=O) groups is 1. The lowest BCUT2D eigenvalue weighted by atomic mass is 9.98. The van der Waals surface area contributed by atoms with Gasteiger partial charge in [0.05, 0.1) is 5.56 Å². The maximum absolute atomic E-state index is 12.7. The summed E-state index contributed by atoms with van der Waals surface area (Å²) in [6.45, 7) is 2.42. The molecule has 0 aromatic heterocycles. The first-order valence-electron chi connectivity index (χ1n) is 6.38. The van der Waals surface area contributed by atoms with E-state index in [-0.39, 0.29) is 6.54 Å². The zero-order valence-electron chi connectivity index (χ0n) is 11.1. The summed E-state index contributed by atoms with van der Waals surface area (Å²) in [5.74, 6) is -0.929. The fraction of sp³-hybridized carbons (Fsp3) is 0.500. The maximum Gasteiger partial charge on any atom is 0.416 e. The minimum Gasteiger partial charge on any atom is -0.480 e. The number of benzene rings is 1. The fourth-order valence-corrected chi connectivity index (χ4v) is 2.58. The van der Waals surface area contributed by atoms with Crippen LogP contribution in [0.4, 0.5) is 13.2 Å². The van der Waals surface area contributed by atoms with Gasteiger partial charge in [0.2, 0.25) is 0 Å². The van der Waals surface area contributed by atoms with Crippen molar-refractivity contribution >= 4 is 5.97 Å². The van der Waals surface area contributed by atoms with Crippen LogP contribution in [0.15, 0.2) is 24.3 Å². The quantitative estimate of drug-likeness (QED) is 0.928. The Morgan fingerprint density at radius 3 is 2.75 bits per heavy atom. The molecule has 1 atom stereocenters. The smallest absolute Gasteiger partial charge is 0.416 e. The zero-order chi connectivity index (χ0) is 15.0. The summed E-state index contributed by atoms with van der Waals surface area (Å²) in [6, 6.07) is 5.05. The van der Waals surface area contributed by atoms with Crippen molar-refractivity contribution in [1.29, 1.82) is 0 Å². The highest BCUT2D eigenvalue weighted by Gasteiger charge is 2.43. The third-order valence-corrected chi connectivity index (χ3v) is 3.88. The molecule has 110 valence electrons. The number of hydrogen-bond donors (Lipinski definition) is 1. The molecule has 0 amide bonds. The Kier molecular flexibility index (Phi) is 3.77. The summed E-state index contributed by atoms with van der Waals surface area (Å²) in [7, 11) is 0. The number of likely N-dealkylation sites (tertiary alicyclic amines) is 1. The number of rotatable bonds is 3. The number of alkyl halides is 3. The lowest BCUT2D eigenvalue weighted by Crippen LogP contribution is -2.47. The van der Waals surface area contributed by atoms with E-state index in [1.807, 2.05) is 0 Å². The van der Waals surface area contributed by atoms with E-state index in [0.717, 1.165) is 18.6 Å². The van der Waals surface area contributed by atoms with Crippen LogP contribution in [0.2, 0.25) is 0 Å². The van der Waals surface area contributed by atoms with Crippen molar-refractivity contribution in [2.24, 2.45) is 0 Å². The second kappa shape index (κ2) is 5.09. The van der Waals surface area contributed by atoms with E-state index in [1.54, 1.807) is 17.9 Å². The van der Waals surface area contributed by atoms with Gasteiger partial charge in [0.1, 0.15) is 5.54 Å². The summed E-state index contributed by atoms with van der Waals surface area (Å²) < 4.78 is 38.0. The van der Waals surface area contributed by atoms with Gasteiger partial charge in [-0.2, -0.15) is 13.2 Å². The number of carboxylic acid groups (broad SMARTS) is 1. The van der Waals surface area contributed by atoms with Gasteiger partial charge in [0.25, 0.3) is 0 Å². The second-order valence-corrected chi connectivity index (χ2v) is 5.30. The molecule has 0 bridgehead atoms. The van der Waals surface area contributed by atoms with Gasteiger partial charge in [-0.15, -0.1) is 0 Å². The topological polar surface area (TPSA) is 40.5 Å². The van der Waals surface area contributed by atoms with Crippen LogP contribution >= 0.6 is 0 Å². The van der Waals surface area contributed by atoms with Gasteiger partial charge in [0, 0.05) is 6.54 Å². The molecule has 6 heteroatoms. The highest BCUT2D eigenvalue weighted by atomic mass is 19.4. The third kappa shape index (κ3) is 2.80. The predicted molar refractivity (Wildman–Crippen MR) is 67.1 cm³/mol. The standard InChI is InChI=1S/C14H16F3NO2/c1-13(12(19)20)6-3-7-18(13)9-10-4-2-5-11(8-10)14(15,16)17/h2,4-5,8H,3,6-7,9H2,1H3,(H,19,20). The molecule has 1 aliphatic heterocycles. The van der Waals surface area contributed by atoms with Gasteiger partial charge in [-0.1, -0.05) is 18.2 Å². The largest absolute Gasteiger partial charge is 0.480 e. The van der Waals surface area contributed by atoms with E-state index in [4.69, 9.17) is 0 Å². The molecule has 3 nitrogen and oxygen atoms in total. The Hall–Kier alpha value is -1.56. The van der Waals surface area contributed by atoms with Crippen molar-refractivity contribution < 1.29 is 23.1 Å². The van der Waals surface area contributed by atoms with Crippen molar-refractivity contribution in [1.82, 2.24) is 4.90 Å². The molecule has 1 unspecified atom stereocenters. The monoisotopic (exact) mass is 287 g/mol. The predicted octanol–water partition coefficient (Wildman–Crippen LogP) is 3.14. The van der Waals surface area contributed by atoms with E-state index in [0.29, 0.717) is 18.5 Å². The lowest BCUT2D eigenvalue weighted by molar-refractivity contribution is -0.149. The number of hydrogen-bond acceptors (Lipinski definition) is 2. The molecule has 1 heterocycles. The highest BCUT2D eigenvalue weighted by molar-refractivity contribution is 5.78. The van der Waals surface area contributed by atoms with E-state index in [1.165, 1.54) is 6.07 Å². The average molecular weight is 287 g/mol. The molecule has 0 radical (unpaired) electrons. The van der Waals surface area contributed by atoms with E-state index < -0.39 is 23.2 Å². The Bertz CT molecular complexity index is 515. The van der Waals surface area contributed by atoms with Gasteiger partial charge >= 0.3 is 12.1 Å². The minimum absolute atomic E-state index is 0.215. The molecule has 1 fully saturated rings. The first-order chi connectivity index (χ1) is 9.23. The number of halogens is 3. The van der Waals surface area contributed by atoms with Crippen molar-refractivity contribution in [3.8, 4) is 0 Å². The maximum atomic E-state index is 12.7. The molecule has 2 rings (SSSR count). The van der Waals surface area contributed by atoms with Crippen molar-refractivity contribution in [2.75, 3.05) is 6.54 Å².